The van der Waals surface area contributed by atoms with Gasteiger partial charge in [-0.25, -0.2) is 0 Å². The van der Waals surface area contributed by atoms with Crippen molar-refractivity contribution in [1.29, 1.82) is 5.26 Å². The Balaban J connectivity index is 1.83. The maximum Gasteiger partial charge on any atom is 0.203 e. The topological polar surface area (TPSA) is 59.3 Å². The van der Waals surface area contributed by atoms with Gasteiger partial charge in [-0.3, -0.25) is 4.79 Å². The summed E-state index contributed by atoms with van der Waals surface area (Å²) < 4.78 is 11.7. The zero-order chi connectivity index (χ0) is 21.3. The van der Waals surface area contributed by atoms with E-state index in [9.17, 15) is 10.1 Å². The summed E-state index contributed by atoms with van der Waals surface area (Å²) in [6.45, 7) is 4.83. The van der Waals surface area contributed by atoms with Gasteiger partial charge in [0.25, 0.3) is 0 Å². The van der Waals surface area contributed by atoms with E-state index in [0.717, 1.165) is 5.56 Å². The lowest BCUT2D eigenvalue weighted by molar-refractivity contribution is 0.104. The molecule has 0 aliphatic heterocycles. The number of hydrogen-bond donors (Lipinski definition) is 0. The van der Waals surface area contributed by atoms with Crippen molar-refractivity contribution in [1.82, 2.24) is 0 Å². The summed E-state index contributed by atoms with van der Waals surface area (Å²) in [5.74, 6) is 0.877. The van der Waals surface area contributed by atoms with Crippen LogP contribution in [0.4, 0.5) is 0 Å². The second-order valence-corrected chi connectivity index (χ2v) is 6.78. The molecule has 0 atom stereocenters. The number of nitriles is 1. The third-order valence-corrected chi connectivity index (χ3v) is 4.46. The summed E-state index contributed by atoms with van der Waals surface area (Å²) in [6, 6.07) is 24.3. The average Bonchev–Trinajstić information content (AvgIpc) is 2.77. The van der Waals surface area contributed by atoms with Crippen LogP contribution >= 0.6 is 0 Å². The van der Waals surface area contributed by atoms with Gasteiger partial charge in [0, 0.05) is 5.56 Å². The molecule has 0 saturated heterocycles. The van der Waals surface area contributed by atoms with Gasteiger partial charge in [0.05, 0.1) is 6.61 Å². The summed E-state index contributed by atoms with van der Waals surface area (Å²) in [5.41, 5.74) is 3.49. The van der Waals surface area contributed by atoms with Crippen molar-refractivity contribution in [2.24, 2.45) is 0 Å². The third-order valence-electron chi connectivity index (χ3n) is 4.46. The first-order chi connectivity index (χ1) is 14.6. The number of allylic oxidation sites excluding steroid dienone is 1. The van der Waals surface area contributed by atoms with Gasteiger partial charge in [0.15, 0.2) is 11.5 Å². The van der Waals surface area contributed by atoms with E-state index in [-0.39, 0.29) is 11.4 Å². The highest BCUT2D eigenvalue weighted by atomic mass is 16.5. The van der Waals surface area contributed by atoms with E-state index in [0.29, 0.717) is 35.8 Å². The van der Waals surface area contributed by atoms with Crippen molar-refractivity contribution in [3.8, 4) is 17.6 Å². The van der Waals surface area contributed by atoms with Crippen LogP contribution in [-0.4, -0.2) is 12.4 Å². The molecule has 0 radical (unpaired) electrons. The molecule has 0 spiro atoms. The molecule has 0 aromatic heterocycles. The molecule has 4 nitrogen and oxygen atoms in total. The highest BCUT2D eigenvalue weighted by Gasteiger charge is 2.13. The summed E-state index contributed by atoms with van der Waals surface area (Å²) in [6.07, 6.45) is 1.57. The van der Waals surface area contributed by atoms with E-state index in [1.807, 2.05) is 50.2 Å². The lowest BCUT2D eigenvalue weighted by Gasteiger charge is -2.13. The number of nitrogens with zero attached hydrogens (tertiary/aromatic N) is 1. The Labute approximate surface area is 177 Å². The van der Waals surface area contributed by atoms with Crippen molar-refractivity contribution in [3.63, 3.8) is 0 Å². The number of ketones is 1. The summed E-state index contributed by atoms with van der Waals surface area (Å²) in [4.78, 5) is 12.6. The monoisotopic (exact) mass is 397 g/mol. The molecule has 0 aliphatic carbocycles. The molecule has 0 heterocycles. The smallest absolute Gasteiger partial charge is 0.203 e. The lowest BCUT2D eigenvalue weighted by Crippen LogP contribution is -2.02. The Kier molecular flexibility index (Phi) is 7.02. The van der Waals surface area contributed by atoms with Crippen LogP contribution in [0, 0.1) is 18.3 Å². The first-order valence-electron chi connectivity index (χ1n) is 9.77. The van der Waals surface area contributed by atoms with Crippen LogP contribution in [0.25, 0.3) is 6.08 Å². The Morgan fingerprint density at radius 1 is 0.967 bits per heavy atom. The van der Waals surface area contributed by atoms with E-state index < -0.39 is 0 Å². The van der Waals surface area contributed by atoms with Crippen LogP contribution in [0.15, 0.2) is 78.4 Å². The van der Waals surface area contributed by atoms with Crippen molar-refractivity contribution in [2.75, 3.05) is 6.61 Å². The van der Waals surface area contributed by atoms with Crippen molar-refractivity contribution in [2.45, 2.75) is 20.5 Å². The predicted octanol–water partition coefficient (Wildman–Crippen LogP) is 5.76. The Morgan fingerprint density at radius 2 is 1.77 bits per heavy atom. The number of ether oxygens (including phenoxy) is 2. The average molecular weight is 397 g/mol. The van der Waals surface area contributed by atoms with Crippen molar-refractivity contribution >= 4 is 11.9 Å². The molecule has 3 aromatic rings. The van der Waals surface area contributed by atoms with Crippen LogP contribution < -0.4 is 9.47 Å². The molecule has 0 fully saturated rings. The predicted molar refractivity (Wildman–Crippen MR) is 117 cm³/mol. The molecule has 0 N–H and O–H groups in total. The second-order valence-electron chi connectivity index (χ2n) is 6.78. The number of hydrogen-bond acceptors (Lipinski definition) is 4. The number of Topliss-reactive ketones (excluding diaryl/α,β-unsaturated/α-hetero) is 1. The Morgan fingerprint density at radius 3 is 2.47 bits per heavy atom. The van der Waals surface area contributed by atoms with E-state index in [1.165, 1.54) is 5.56 Å². The van der Waals surface area contributed by atoms with Crippen LogP contribution in [0.2, 0.25) is 0 Å². The molecule has 0 amide bonds. The first-order valence-corrected chi connectivity index (χ1v) is 9.77. The lowest BCUT2D eigenvalue weighted by atomic mass is 10.0. The van der Waals surface area contributed by atoms with Crippen LogP contribution in [0.3, 0.4) is 0 Å². The van der Waals surface area contributed by atoms with Gasteiger partial charge in [-0.1, -0.05) is 66.2 Å². The first kappa shape index (κ1) is 20.9. The number of carbonyl (C=O) groups excluding carboxylic acids is 1. The minimum Gasteiger partial charge on any atom is -0.490 e. The minimum absolute atomic E-state index is 0.0667. The molecule has 3 aromatic carbocycles. The standard InChI is InChI=1S/C26H23NO3/c1-3-29-25-16-20(15-23(17-27)26(28)22-10-5-4-6-11-22)12-13-24(25)30-18-21-9-7-8-19(2)14-21/h4-16H,3,18H2,1-2H3. The highest BCUT2D eigenvalue weighted by molar-refractivity contribution is 6.14. The fourth-order valence-corrected chi connectivity index (χ4v) is 3.03. The van der Waals surface area contributed by atoms with Crippen molar-refractivity contribution < 1.29 is 14.3 Å². The molecule has 150 valence electrons. The van der Waals surface area contributed by atoms with Gasteiger partial charge in [0.1, 0.15) is 18.2 Å². The number of benzene rings is 3. The molecule has 4 heteroatoms. The van der Waals surface area contributed by atoms with Gasteiger partial charge in [-0.05, 0) is 43.2 Å². The molecular weight excluding hydrogens is 374 g/mol. The second kappa shape index (κ2) is 10.1. The summed E-state index contributed by atoms with van der Waals surface area (Å²) in [7, 11) is 0. The van der Waals surface area contributed by atoms with E-state index in [4.69, 9.17) is 9.47 Å². The molecule has 0 bridgehead atoms. The number of carbonyl (C=O) groups is 1. The number of aryl methyl sites for hydroxylation is 1. The highest BCUT2D eigenvalue weighted by Crippen LogP contribution is 2.30. The molecule has 0 unspecified atom stereocenters. The summed E-state index contributed by atoms with van der Waals surface area (Å²) in [5, 5.41) is 9.48. The van der Waals surface area contributed by atoms with E-state index >= 15 is 0 Å². The van der Waals surface area contributed by atoms with Crippen molar-refractivity contribution in [3.05, 3.63) is 101 Å². The normalized spacial score (nSPS) is 10.9. The van der Waals surface area contributed by atoms with Gasteiger partial charge in [-0.15, -0.1) is 0 Å². The van der Waals surface area contributed by atoms with Crippen LogP contribution in [0.5, 0.6) is 11.5 Å². The van der Waals surface area contributed by atoms with E-state index in [2.05, 4.69) is 6.07 Å². The largest absolute Gasteiger partial charge is 0.490 e. The SMILES string of the molecule is CCOc1cc(C=C(C#N)C(=O)c2ccccc2)ccc1OCc1cccc(C)c1. The zero-order valence-corrected chi connectivity index (χ0v) is 17.1. The zero-order valence-electron chi connectivity index (χ0n) is 17.1. The maximum absolute atomic E-state index is 12.6. The van der Waals surface area contributed by atoms with E-state index in [1.54, 1.807) is 42.5 Å². The van der Waals surface area contributed by atoms with Gasteiger partial charge in [-0.2, -0.15) is 5.26 Å². The molecule has 0 aliphatic rings. The van der Waals surface area contributed by atoms with Gasteiger partial charge < -0.3 is 9.47 Å². The number of rotatable bonds is 8. The molecular formula is C26H23NO3. The summed E-state index contributed by atoms with van der Waals surface area (Å²) >= 11 is 0. The fourth-order valence-electron chi connectivity index (χ4n) is 3.03. The van der Waals surface area contributed by atoms with Crippen LogP contribution in [0.1, 0.15) is 34.0 Å². The molecule has 3 rings (SSSR count). The quantitative estimate of drug-likeness (QED) is 0.275. The maximum atomic E-state index is 12.6. The Bertz CT molecular complexity index is 1090. The fraction of sp³-hybridized carbons (Fsp3) is 0.154. The van der Waals surface area contributed by atoms with Crippen LogP contribution in [-0.2, 0) is 6.61 Å². The molecule has 0 saturated carbocycles. The van der Waals surface area contributed by atoms with Gasteiger partial charge >= 0.3 is 0 Å². The third kappa shape index (κ3) is 5.36. The Hall–Kier alpha value is -3.84. The van der Waals surface area contributed by atoms with Gasteiger partial charge in [0.2, 0.25) is 5.78 Å². The molecule has 30 heavy (non-hydrogen) atoms. The minimum atomic E-state index is -0.309.